The number of aryl methyl sites for hydroxylation is 2. The molecular formula is C28H22N8O3. The van der Waals surface area contributed by atoms with Crippen molar-refractivity contribution < 1.29 is 15.0 Å². The zero-order chi connectivity index (χ0) is 27.5. The molecule has 0 fully saturated rings. The van der Waals surface area contributed by atoms with Gasteiger partial charge >= 0.3 is 0 Å². The fourth-order valence-electron chi connectivity index (χ4n) is 4.04. The van der Waals surface area contributed by atoms with Crippen molar-refractivity contribution >= 4 is 39.6 Å². The Morgan fingerprint density at radius 1 is 1.05 bits per heavy atom. The fraction of sp³-hybridized carbons (Fsp3) is 0.107. The smallest absolute Gasteiger partial charge is 0.259 e. The molecule has 0 spiro atoms. The van der Waals surface area contributed by atoms with Crippen LogP contribution in [0.2, 0.25) is 0 Å². The highest BCUT2D eigenvalue weighted by Crippen LogP contribution is 2.40. The zero-order valence-electron chi connectivity index (χ0n) is 21.0. The van der Waals surface area contributed by atoms with Crippen LogP contribution >= 0.6 is 0 Å². The Bertz CT molecular complexity index is 1770. The van der Waals surface area contributed by atoms with E-state index in [1.165, 1.54) is 10.9 Å². The van der Waals surface area contributed by atoms with Crippen LogP contribution in [0.15, 0.2) is 77.1 Å². The molecule has 0 aliphatic rings. The topological polar surface area (TPSA) is 142 Å². The summed E-state index contributed by atoms with van der Waals surface area (Å²) in [6.07, 6.45) is 1.34. The summed E-state index contributed by atoms with van der Waals surface area (Å²) in [6.45, 7) is 11.1. The summed E-state index contributed by atoms with van der Waals surface area (Å²) in [5.41, 5.74) is 2.79. The second-order valence-corrected chi connectivity index (χ2v) is 8.68. The van der Waals surface area contributed by atoms with E-state index in [4.69, 9.17) is 6.57 Å². The molecule has 11 heteroatoms. The van der Waals surface area contributed by atoms with Gasteiger partial charge in [-0.15, -0.1) is 10.2 Å². The molecule has 3 N–H and O–H groups in total. The van der Waals surface area contributed by atoms with Crippen molar-refractivity contribution in [1.82, 2.24) is 19.7 Å². The minimum absolute atomic E-state index is 0.00885. The van der Waals surface area contributed by atoms with E-state index in [1.807, 2.05) is 19.9 Å². The summed E-state index contributed by atoms with van der Waals surface area (Å²) in [6, 6.07) is 17.2. The molecule has 192 valence electrons. The molecule has 39 heavy (non-hydrogen) atoms. The van der Waals surface area contributed by atoms with Gasteiger partial charge in [-0.1, -0.05) is 36.4 Å². The number of azo groups is 1. The summed E-state index contributed by atoms with van der Waals surface area (Å²) in [5.74, 6) is -0.620. The molecule has 2 heterocycles. The van der Waals surface area contributed by atoms with E-state index in [0.29, 0.717) is 33.4 Å². The average molecular weight is 519 g/mol. The van der Waals surface area contributed by atoms with Crippen LogP contribution in [0.25, 0.3) is 21.6 Å². The highest BCUT2D eigenvalue weighted by Gasteiger charge is 2.20. The third-order valence-corrected chi connectivity index (χ3v) is 5.88. The molecule has 0 saturated heterocycles. The Kier molecular flexibility index (Phi) is 6.77. The molecule has 2 aromatic heterocycles. The minimum atomic E-state index is -0.554. The maximum absolute atomic E-state index is 13.2. The number of carbonyl (C=O) groups excluding carboxylic acids is 1. The molecule has 1 amide bonds. The number of carbonyl (C=O) groups is 1. The number of aromatic nitrogens is 4. The van der Waals surface area contributed by atoms with E-state index < -0.39 is 5.91 Å². The van der Waals surface area contributed by atoms with Crippen LogP contribution in [-0.2, 0) is 6.61 Å². The van der Waals surface area contributed by atoms with E-state index in [1.54, 1.807) is 54.6 Å². The molecule has 0 saturated carbocycles. The number of amides is 1. The van der Waals surface area contributed by atoms with Crippen molar-refractivity contribution in [3.63, 3.8) is 0 Å². The standard InChI is InChI=1S/C28H22N8O3/c1-16-12-17(2)32-28(31-16)36-26(23(29-3)14-30-36)35-34-24-21-7-5-4-6-19(21)13-22(25(24)38)27(39)33-20-10-8-18(15-37)9-11-20/h4-14,37-38H,15H2,1-2H3,(H,33,39)/b35-34+. The summed E-state index contributed by atoms with van der Waals surface area (Å²) in [5, 5.41) is 37.2. The van der Waals surface area contributed by atoms with Crippen molar-refractivity contribution in [2.45, 2.75) is 20.5 Å². The number of hydrogen-bond donors (Lipinski definition) is 3. The van der Waals surface area contributed by atoms with Crippen LogP contribution < -0.4 is 5.32 Å². The number of phenolic OH excluding ortho intramolecular Hbond substituents is 1. The SMILES string of the molecule is [C-]#[N+]c1cnn(-c2nc(C)cc(C)n2)c1/N=N/c1c(O)c(C(=O)Nc2ccc(CO)cc2)cc2ccccc12. The van der Waals surface area contributed by atoms with Crippen molar-refractivity contribution in [2.75, 3.05) is 5.32 Å². The predicted molar refractivity (Wildman–Crippen MR) is 145 cm³/mol. The number of nitrogens with zero attached hydrogens (tertiary/aromatic N) is 7. The van der Waals surface area contributed by atoms with Crippen molar-refractivity contribution in [1.29, 1.82) is 0 Å². The van der Waals surface area contributed by atoms with Gasteiger partial charge < -0.3 is 15.5 Å². The van der Waals surface area contributed by atoms with Gasteiger partial charge in [-0.2, -0.15) is 9.78 Å². The Morgan fingerprint density at radius 3 is 2.46 bits per heavy atom. The number of anilines is 1. The van der Waals surface area contributed by atoms with Crippen LogP contribution in [0.5, 0.6) is 5.75 Å². The van der Waals surface area contributed by atoms with Gasteiger partial charge in [0.2, 0.25) is 0 Å². The Morgan fingerprint density at radius 2 is 1.77 bits per heavy atom. The van der Waals surface area contributed by atoms with Crippen LogP contribution in [0.1, 0.15) is 27.3 Å². The van der Waals surface area contributed by atoms with Gasteiger partial charge in [0.25, 0.3) is 17.5 Å². The lowest BCUT2D eigenvalue weighted by molar-refractivity contribution is 0.102. The maximum Gasteiger partial charge on any atom is 0.259 e. The number of rotatable bonds is 6. The largest absolute Gasteiger partial charge is 0.505 e. The molecule has 11 nitrogen and oxygen atoms in total. The lowest BCUT2D eigenvalue weighted by Gasteiger charge is -2.11. The van der Waals surface area contributed by atoms with E-state index in [-0.39, 0.29) is 41.1 Å². The lowest BCUT2D eigenvalue weighted by atomic mass is 10.0. The van der Waals surface area contributed by atoms with Crippen LogP contribution in [-0.4, -0.2) is 35.9 Å². The first-order chi connectivity index (χ1) is 18.9. The van der Waals surface area contributed by atoms with Crippen molar-refractivity contribution in [3.8, 4) is 11.7 Å². The number of benzene rings is 3. The third kappa shape index (κ3) is 5.04. The third-order valence-electron chi connectivity index (χ3n) is 5.88. The summed E-state index contributed by atoms with van der Waals surface area (Å²) < 4.78 is 1.31. The molecule has 5 aromatic rings. The second-order valence-electron chi connectivity index (χ2n) is 8.68. The maximum atomic E-state index is 13.2. The molecule has 0 unspecified atom stereocenters. The summed E-state index contributed by atoms with van der Waals surface area (Å²) in [7, 11) is 0. The van der Waals surface area contributed by atoms with E-state index >= 15 is 0 Å². The molecule has 0 atom stereocenters. The van der Waals surface area contributed by atoms with Crippen molar-refractivity contribution in [3.05, 3.63) is 101 Å². The second kappa shape index (κ2) is 10.5. The van der Waals surface area contributed by atoms with Crippen molar-refractivity contribution in [2.24, 2.45) is 10.2 Å². The molecule has 0 aliphatic carbocycles. The van der Waals surface area contributed by atoms with Gasteiger partial charge in [0, 0.05) is 22.5 Å². The number of aliphatic hydroxyl groups excluding tert-OH is 1. The van der Waals surface area contributed by atoms with Gasteiger partial charge in [0.05, 0.1) is 24.9 Å². The fourth-order valence-corrected chi connectivity index (χ4v) is 4.04. The quantitative estimate of drug-likeness (QED) is 0.190. The monoisotopic (exact) mass is 518 g/mol. The van der Waals surface area contributed by atoms with Gasteiger partial charge in [0.15, 0.2) is 11.6 Å². The first-order valence-electron chi connectivity index (χ1n) is 11.8. The predicted octanol–water partition coefficient (Wildman–Crippen LogP) is 5.85. The number of hydrogen-bond acceptors (Lipinski definition) is 8. The summed E-state index contributed by atoms with van der Waals surface area (Å²) in [4.78, 5) is 25.4. The van der Waals surface area contributed by atoms with E-state index in [0.717, 1.165) is 0 Å². The van der Waals surface area contributed by atoms with Crippen LogP contribution in [0.4, 0.5) is 22.9 Å². The van der Waals surface area contributed by atoms with Gasteiger partial charge in [-0.3, -0.25) is 4.79 Å². The first-order valence-corrected chi connectivity index (χ1v) is 11.8. The lowest BCUT2D eigenvalue weighted by Crippen LogP contribution is -2.12. The molecule has 3 aromatic carbocycles. The average Bonchev–Trinajstić information content (AvgIpc) is 3.35. The Labute approximate surface area is 223 Å². The zero-order valence-corrected chi connectivity index (χ0v) is 21.0. The molecule has 5 rings (SSSR count). The normalized spacial score (nSPS) is 11.1. The number of phenols is 1. The van der Waals surface area contributed by atoms with E-state index in [2.05, 4.69) is 35.5 Å². The summed E-state index contributed by atoms with van der Waals surface area (Å²) >= 11 is 0. The first kappa shape index (κ1) is 25.2. The Hall–Kier alpha value is -5.47. The van der Waals surface area contributed by atoms with Crippen LogP contribution in [0, 0.1) is 20.4 Å². The highest BCUT2D eigenvalue weighted by molar-refractivity contribution is 6.11. The van der Waals surface area contributed by atoms with Gasteiger partial charge in [-0.05, 0) is 49.1 Å². The number of fused-ring (bicyclic) bond motifs is 1. The van der Waals surface area contributed by atoms with Crippen LogP contribution in [0.3, 0.4) is 0 Å². The van der Waals surface area contributed by atoms with Gasteiger partial charge in [0.1, 0.15) is 5.69 Å². The number of aromatic hydroxyl groups is 1. The van der Waals surface area contributed by atoms with E-state index in [9.17, 15) is 15.0 Å². The number of nitrogens with one attached hydrogen (secondary N) is 1. The molecule has 0 aliphatic heterocycles. The van der Waals surface area contributed by atoms with Gasteiger partial charge in [-0.25, -0.2) is 14.8 Å². The number of aliphatic hydroxyl groups is 1. The Balaban J connectivity index is 1.59. The minimum Gasteiger partial charge on any atom is -0.505 e. The highest BCUT2D eigenvalue weighted by atomic mass is 16.3. The molecule has 0 bridgehead atoms. The molecular weight excluding hydrogens is 496 g/mol. The molecule has 0 radical (unpaired) electrons.